The number of alkyl halides is 3. The van der Waals surface area contributed by atoms with E-state index in [-0.39, 0.29) is 37.3 Å². The van der Waals surface area contributed by atoms with Crippen molar-refractivity contribution >= 4 is 11.7 Å². The van der Waals surface area contributed by atoms with E-state index in [1.54, 1.807) is 0 Å². The Labute approximate surface area is 118 Å². The average Bonchev–Trinajstić information content (AvgIpc) is 2.46. The van der Waals surface area contributed by atoms with Crippen LogP contribution in [0, 0.1) is 11.7 Å². The molecule has 0 radical (unpaired) electrons. The van der Waals surface area contributed by atoms with E-state index < -0.39 is 23.8 Å². The van der Waals surface area contributed by atoms with Crippen molar-refractivity contribution in [3.63, 3.8) is 0 Å². The fourth-order valence-electron chi connectivity index (χ4n) is 2.29. The van der Waals surface area contributed by atoms with E-state index in [4.69, 9.17) is 5.84 Å². The summed E-state index contributed by atoms with van der Waals surface area (Å²) in [6.45, 7) is -0.119. The summed E-state index contributed by atoms with van der Waals surface area (Å²) < 4.78 is 51.6. The van der Waals surface area contributed by atoms with Gasteiger partial charge >= 0.3 is 6.18 Å². The summed E-state index contributed by atoms with van der Waals surface area (Å²) in [5.41, 5.74) is 1.75. The number of rotatable bonds is 2. The number of halogens is 4. The number of aromatic nitrogens is 1. The maximum absolute atomic E-state index is 13.9. The maximum atomic E-state index is 13.9. The molecule has 21 heavy (non-hydrogen) atoms. The van der Waals surface area contributed by atoms with Crippen molar-refractivity contribution in [1.82, 2.24) is 9.88 Å². The van der Waals surface area contributed by atoms with Crippen molar-refractivity contribution in [2.75, 3.05) is 18.5 Å². The number of nitrogens with zero attached hydrogens (tertiary/aromatic N) is 2. The van der Waals surface area contributed by atoms with Crippen LogP contribution in [0.2, 0.25) is 0 Å². The summed E-state index contributed by atoms with van der Waals surface area (Å²) in [5.74, 6) is 1.79. The minimum Gasteiger partial charge on any atom is -0.339 e. The first-order chi connectivity index (χ1) is 9.84. The Morgan fingerprint density at radius 3 is 2.52 bits per heavy atom. The number of anilines is 1. The Balaban J connectivity index is 2.09. The lowest BCUT2D eigenvalue weighted by Gasteiger charge is -2.33. The number of nitrogen functional groups attached to an aromatic ring is 1. The molecule has 0 saturated carbocycles. The normalized spacial score (nSPS) is 16.9. The second kappa shape index (κ2) is 5.84. The summed E-state index contributed by atoms with van der Waals surface area (Å²) in [6.07, 6.45) is -3.41. The third-order valence-corrected chi connectivity index (χ3v) is 3.50. The molecule has 0 unspecified atom stereocenters. The summed E-state index contributed by atoms with van der Waals surface area (Å²) >= 11 is 0. The molecule has 0 aliphatic carbocycles. The van der Waals surface area contributed by atoms with Gasteiger partial charge in [-0.25, -0.2) is 15.2 Å². The average molecular weight is 306 g/mol. The Morgan fingerprint density at radius 2 is 2.00 bits per heavy atom. The van der Waals surface area contributed by atoms with Crippen LogP contribution in [0.1, 0.15) is 23.2 Å². The number of carbonyl (C=O) groups excluding carboxylic acids is 1. The molecule has 3 N–H and O–H groups in total. The predicted molar refractivity (Wildman–Crippen MR) is 66.7 cm³/mol. The molecular formula is C12H14F4N4O. The summed E-state index contributed by atoms with van der Waals surface area (Å²) in [5, 5.41) is 0. The highest BCUT2D eigenvalue weighted by Gasteiger charge is 2.42. The third kappa shape index (κ3) is 3.23. The van der Waals surface area contributed by atoms with E-state index >= 15 is 0 Å². The van der Waals surface area contributed by atoms with Gasteiger partial charge in [-0.05, 0) is 18.9 Å². The van der Waals surface area contributed by atoms with Gasteiger partial charge in [0.2, 0.25) is 0 Å². The lowest BCUT2D eigenvalue weighted by molar-refractivity contribution is -0.183. The number of nitrogens with two attached hydrogens (primary N) is 1. The van der Waals surface area contributed by atoms with E-state index in [9.17, 15) is 22.4 Å². The van der Waals surface area contributed by atoms with Crippen LogP contribution in [-0.4, -0.2) is 35.1 Å². The number of carbonyl (C=O) groups is 1. The van der Waals surface area contributed by atoms with Crippen molar-refractivity contribution in [3.05, 3.63) is 23.6 Å². The summed E-state index contributed by atoms with van der Waals surface area (Å²) in [4.78, 5) is 17.0. The van der Waals surface area contributed by atoms with Crippen molar-refractivity contribution < 1.29 is 22.4 Å². The van der Waals surface area contributed by atoms with Gasteiger partial charge in [0.1, 0.15) is 0 Å². The molecule has 0 aromatic carbocycles. The number of pyridine rings is 1. The van der Waals surface area contributed by atoms with E-state index in [1.807, 2.05) is 5.43 Å². The standard InChI is InChI=1S/C12H14F4N4O/c13-9-8(1-4-18-10(9)19-17)11(21)20-5-2-7(3-6-20)12(14,15)16/h1,4,7H,2-3,5-6,17H2,(H,18,19). The Bertz CT molecular complexity index is 526. The molecule has 116 valence electrons. The first-order valence-corrected chi connectivity index (χ1v) is 6.31. The highest BCUT2D eigenvalue weighted by Crippen LogP contribution is 2.34. The number of hydrazine groups is 1. The summed E-state index contributed by atoms with van der Waals surface area (Å²) in [7, 11) is 0. The van der Waals surface area contributed by atoms with Crippen LogP contribution in [0.25, 0.3) is 0 Å². The van der Waals surface area contributed by atoms with E-state index in [0.29, 0.717) is 0 Å². The molecule has 1 aliphatic heterocycles. The SMILES string of the molecule is NNc1nccc(C(=O)N2CCC(C(F)(F)F)CC2)c1F. The predicted octanol–water partition coefficient (Wildman–Crippen LogP) is 1.92. The Morgan fingerprint density at radius 1 is 1.38 bits per heavy atom. The molecule has 0 atom stereocenters. The smallest absolute Gasteiger partial charge is 0.339 e. The quantitative estimate of drug-likeness (QED) is 0.497. The van der Waals surface area contributed by atoms with Gasteiger partial charge in [0.15, 0.2) is 11.6 Å². The number of likely N-dealkylation sites (tertiary alicyclic amines) is 1. The zero-order valence-corrected chi connectivity index (χ0v) is 11.0. The molecule has 1 aromatic rings. The van der Waals surface area contributed by atoms with Crippen molar-refractivity contribution in [2.24, 2.45) is 11.8 Å². The van der Waals surface area contributed by atoms with Crippen LogP contribution in [0.4, 0.5) is 23.4 Å². The molecule has 1 fully saturated rings. The summed E-state index contributed by atoms with van der Waals surface area (Å²) in [6, 6.07) is 1.17. The topological polar surface area (TPSA) is 71.2 Å². The van der Waals surface area contributed by atoms with Gasteiger partial charge in [-0.3, -0.25) is 4.79 Å². The minimum atomic E-state index is -4.26. The first-order valence-electron chi connectivity index (χ1n) is 6.31. The van der Waals surface area contributed by atoms with Crippen LogP contribution in [0.15, 0.2) is 12.3 Å². The fourth-order valence-corrected chi connectivity index (χ4v) is 2.29. The van der Waals surface area contributed by atoms with E-state index in [0.717, 1.165) is 0 Å². The Kier molecular flexibility index (Phi) is 4.31. The number of piperidine rings is 1. The molecule has 1 aliphatic rings. The largest absolute Gasteiger partial charge is 0.391 e. The minimum absolute atomic E-state index is 0.0594. The van der Waals surface area contributed by atoms with Crippen LogP contribution in [0.3, 0.4) is 0 Å². The van der Waals surface area contributed by atoms with Gasteiger partial charge in [-0.1, -0.05) is 0 Å². The van der Waals surface area contributed by atoms with Crippen LogP contribution < -0.4 is 11.3 Å². The molecule has 2 heterocycles. The monoisotopic (exact) mass is 306 g/mol. The first kappa shape index (κ1) is 15.5. The number of hydrogen-bond donors (Lipinski definition) is 2. The maximum Gasteiger partial charge on any atom is 0.391 e. The second-order valence-electron chi connectivity index (χ2n) is 4.77. The van der Waals surface area contributed by atoms with E-state index in [2.05, 4.69) is 4.98 Å². The van der Waals surface area contributed by atoms with Gasteiger partial charge in [0.25, 0.3) is 5.91 Å². The molecule has 1 amide bonds. The number of amides is 1. The molecule has 1 saturated heterocycles. The zero-order chi connectivity index (χ0) is 15.6. The van der Waals surface area contributed by atoms with Gasteiger partial charge in [-0.15, -0.1) is 0 Å². The second-order valence-corrected chi connectivity index (χ2v) is 4.77. The van der Waals surface area contributed by atoms with Gasteiger partial charge in [0, 0.05) is 19.3 Å². The zero-order valence-electron chi connectivity index (χ0n) is 11.0. The van der Waals surface area contributed by atoms with Crippen molar-refractivity contribution in [3.8, 4) is 0 Å². The van der Waals surface area contributed by atoms with Crippen molar-refractivity contribution in [2.45, 2.75) is 19.0 Å². The molecule has 9 heteroatoms. The van der Waals surface area contributed by atoms with Crippen LogP contribution in [0.5, 0.6) is 0 Å². The van der Waals surface area contributed by atoms with Crippen LogP contribution >= 0.6 is 0 Å². The Hall–Kier alpha value is -1.90. The highest BCUT2D eigenvalue weighted by atomic mass is 19.4. The third-order valence-electron chi connectivity index (χ3n) is 3.50. The molecule has 2 rings (SSSR count). The number of hydrogen-bond acceptors (Lipinski definition) is 4. The fraction of sp³-hybridized carbons (Fsp3) is 0.500. The van der Waals surface area contributed by atoms with E-state index in [1.165, 1.54) is 17.2 Å². The van der Waals surface area contributed by atoms with Gasteiger partial charge < -0.3 is 10.3 Å². The molecule has 0 bridgehead atoms. The van der Waals surface area contributed by atoms with Crippen molar-refractivity contribution in [1.29, 1.82) is 0 Å². The molecular weight excluding hydrogens is 292 g/mol. The lowest BCUT2D eigenvalue weighted by Crippen LogP contribution is -2.42. The van der Waals surface area contributed by atoms with Gasteiger partial charge in [0.05, 0.1) is 11.5 Å². The highest BCUT2D eigenvalue weighted by molar-refractivity contribution is 5.95. The van der Waals surface area contributed by atoms with Gasteiger partial charge in [-0.2, -0.15) is 13.2 Å². The molecule has 0 spiro atoms. The van der Waals surface area contributed by atoms with Crippen LogP contribution in [-0.2, 0) is 0 Å². The molecule has 1 aromatic heterocycles. The lowest BCUT2D eigenvalue weighted by atomic mass is 9.96. The molecule has 5 nitrogen and oxygen atoms in total. The number of nitrogens with one attached hydrogen (secondary N) is 1.